The van der Waals surface area contributed by atoms with Crippen LogP contribution in [0.15, 0.2) is 6.07 Å². The zero-order valence-electron chi connectivity index (χ0n) is 13.1. The molecule has 0 unspecified atom stereocenters. The average Bonchev–Trinajstić information content (AvgIpc) is 2.76. The Bertz CT molecular complexity index is 485. The number of amides is 1. The van der Waals surface area contributed by atoms with E-state index in [1.165, 1.54) is 61.8 Å². The lowest BCUT2D eigenvalue weighted by Gasteiger charge is -2.19. The maximum absolute atomic E-state index is 12.5. The van der Waals surface area contributed by atoms with Gasteiger partial charge in [-0.3, -0.25) is 4.79 Å². The van der Waals surface area contributed by atoms with Crippen molar-refractivity contribution in [3.05, 3.63) is 21.4 Å². The molecule has 1 aromatic heterocycles. The van der Waals surface area contributed by atoms with Gasteiger partial charge in [0.1, 0.15) is 0 Å². The van der Waals surface area contributed by atoms with Crippen LogP contribution in [0.25, 0.3) is 0 Å². The van der Waals surface area contributed by atoms with Crippen molar-refractivity contribution in [2.75, 3.05) is 0 Å². The molecule has 1 aromatic rings. The van der Waals surface area contributed by atoms with Crippen molar-refractivity contribution in [3.8, 4) is 0 Å². The topological polar surface area (TPSA) is 29.1 Å². The summed E-state index contributed by atoms with van der Waals surface area (Å²) >= 11 is 1.74. The molecule has 1 atom stereocenters. The van der Waals surface area contributed by atoms with Crippen molar-refractivity contribution < 1.29 is 4.79 Å². The lowest BCUT2D eigenvalue weighted by atomic mass is 9.87. The smallest absolute Gasteiger partial charge is 0.261 e. The Morgan fingerprint density at radius 2 is 2.00 bits per heavy atom. The second kappa shape index (κ2) is 6.95. The first-order valence-electron chi connectivity index (χ1n) is 8.68. The molecular weight excluding hydrogens is 278 g/mol. The highest BCUT2D eigenvalue weighted by Gasteiger charge is 2.23. The molecule has 0 aliphatic heterocycles. The summed E-state index contributed by atoms with van der Waals surface area (Å²) in [5.41, 5.74) is 1.45. The highest BCUT2D eigenvalue weighted by atomic mass is 32.1. The molecule has 0 radical (unpaired) electrons. The van der Waals surface area contributed by atoms with Gasteiger partial charge in [-0.1, -0.05) is 39.0 Å². The SMILES string of the molecule is CC[C@H]1CCc2sc(C(=O)NC3CCCCCC3)cc2C1. The number of nitrogens with one attached hydrogen (secondary N) is 1. The van der Waals surface area contributed by atoms with Crippen LogP contribution in [0.5, 0.6) is 0 Å². The standard InChI is InChI=1S/C18H27NOS/c1-2-13-9-10-16-14(11-13)12-17(21-16)18(20)19-15-7-5-3-4-6-8-15/h12-13,15H,2-11H2,1H3,(H,19,20)/t13-/m0/s1. The lowest BCUT2D eigenvalue weighted by molar-refractivity contribution is 0.0937. The van der Waals surface area contributed by atoms with Crippen molar-refractivity contribution >= 4 is 17.2 Å². The van der Waals surface area contributed by atoms with Crippen LogP contribution in [0, 0.1) is 5.92 Å². The van der Waals surface area contributed by atoms with Gasteiger partial charge >= 0.3 is 0 Å². The minimum absolute atomic E-state index is 0.175. The fourth-order valence-corrected chi connectivity index (χ4v) is 4.85. The molecular formula is C18H27NOS. The third-order valence-corrected chi connectivity index (χ3v) is 6.41. The summed E-state index contributed by atoms with van der Waals surface area (Å²) in [6, 6.07) is 2.58. The molecule has 3 heteroatoms. The van der Waals surface area contributed by atoms with E-state index in [9.17, 15) is 4.79 Å². The average molecular weight is 305 g/mol. The summed E-state index contributed by atoms with van der Waals surface area (Å²) in [4.78, 5) is 14.9. The van der Waals surface area contributed by atoms with Gasteiger partial charge in [-0.05, 0) is 49.7 Å². The van der Waals surface area contributed by atoms with Crippen LogP contribution in [0.2, 0.25) is 0 Å². The van der Waals surface area contributed by atoms with Gasteiger partial charge in [-0.2, -0.15) is 0 Å². The van der Waals surface area contributed by atoms with E-state index in [4.69, 9.17) is 0 Å². The second-order valence-electron chi connectivity index (χ2n) is 6.74. The van der Waals surface area contributed by atoms with Gasteiger partial charge in [-0.25, -0.2) is 0 Å². The van der Waals surface area contributed by atoms with Crippen molar-refractivity contribution in [1.29, 1.82) is 0 Å². The number of hydrogen-bond donors (Lipinski definition) is 1. The Morgan fingerprint density at radius 3 is 2.71 bits per heavy atom. The van der Waals surface area contributed by atoms with Gasteiger partial charge in [0, 0.05) is 10.9 Å². The van der Waals surface area contributed by atoms with Gasteiger partial charge in [0.05, 0.1) is 4.88 Å². The zero-order valence-corrected chi connectivity index (χ0v) is 13.9. The summed E-state index contributed by atoms with van der Waals surface area (Å²) < 4.78 is 0. The van der Waals surface area contributed by atoms with E-state index in [1.54, 1.807) is 11.3 Å². The Labute approximate surface area is 132 Å². The fraction of sp³-hybridized carbons (Fsp3) is 0.722. The second-order valence-corrected chi connectivity index (χ2v) is 7.87. The van der Waals surface area contributed by atoms with Crippen molar-refractivity contribution in [2.45, 2.75) is 77.2 Å². The van der Waals surface area contributed by atoms with E-state index in [2.05, 4.69) is 18.3 Å². The molecule has 1 heterocycles. The van der Waals surface area contributed by atoms with Gasteiger partial charge in [0.2, 0.25) is 0 Å². The van der Waals surface area contributed by atoms with Crippen molar-refractivity contribution in [1.82, 2.24) is 5.32 Å². The predicted octanol–water partition coefficient (Wildman–Crippen LogP) is 4.72. The van der Waals surface area contributed by atoms with Gasteiger partial charge in [0.15, 0.2) is 0 Å². The van der Waals surface area contributed by atoms with Crippen LogP contribution in [0.4, 0.5) is 0 Å². The van der Waals surface area contributed by atoms with Gasteiger partial charge in [-0.15, -0.1) is 11.3 Å². The molecule has 0 spiro atoms. The Balaban J connectivity index is 1.64. The summed E-state index contributed by atoms with van der Waals surface area (Å²) in [6.45, 7) is 2.28. The number of aryl methyl sites for hydroxylation is 1. The summed E-state index contributed by atoms with van der Waals surface area (Å²) in [5.74, 6) is 0.999. The molecule has 0 aromatic carbocycles. The Hall–Kier alpha value is -0.830. The molecule has 1 saturated carbocycles. The first-order valence-corrected chi connectivity index (χ1v) is 9.50. The van der Waals surface area contributed by atoms with E-state index in [1.807, 2.05) is 0 Å². The molecule has 1 N–H and O–H groups in total. The lowest BCUT2D eigenvalue weighted by Crippen LogP contribution is -2.33. The minimum Gasteiger partial charge on any atom is -0.349 e. The molecule has 2 aliphatic carbocycles. The number of hydrogen-bond acceptors (Lipinski definition) is 2. The Kier molecular flexibility index (Phi) is 4.99. The third-order valence-electron chi connectivity index (χ3n) is 5.18. The fourth-order valence-electron chi connectivity index (χ4n) is 3.74. The maximum Gasteiger partial charge on any atom is 0.261 e. The van der Waals surface area contributed by atoms with Gasteiger partial charge in [0.25, 0.3) is 5.91 Å². The quantitative estimate of drug-likeness (QED) is 0.805. The molecule has 2 aliphatic rings. The third kappa shape index (κ3) is 3.68. The first-order chi connectivity index (χ1) is 10.3. The van der Waals surface area contributed by atoms with Crippen molar-refractivity contribution in [2.24, 2.45) is 5.92 Å². The van der Waals surface area contributed by atoms with Crippen LogP contribution < -0.4 is 5.32 Å². The number of thiophene rings is 1. The first kappa shape index (κ1) is 15.1. The molecule has 3 rings (SSSR count). The molecule has 2 nitrogen and oxygen atoms in total. The normalized spacial score (nSPS) is 23.4. The monoisotopic (exact) mass is 305 g/mol. The van der Waals surface area contributed by atoms with Crippen LogP contribution in [0.3, 0.4) is 0 Å². The molecule has 21 heavy (non-hydrogen) atoms. The summed E-state index contributed by atoms with van der Waals surface area (Å²) in [7, 11) is 0. The van der Waals surface area contributed by atoms with Crippen LogP contribution in [-0.4, -0.2) is 11.9 Å². The molecule has 1 fully saturated rings. The van der Waals surface area contributed by atoms with E-state index in [0.29, 0.717) is 6.04 Å². The van der Waals surface area contributed by atoms with Gasteiger partial charge < -0.3 is 5.32 Å². The summed E-state index contributed by atoms with van der Waals surface area (Å²) in [6.07, 6.45) is 12.4. The van der Waals surface area contributed by atoms with E-state index < -0.39 is 0 Å². The molecule has 0 saturated heterocycles. The number of carbonyl (C=O) groups is 1. The number of carbonyl (C=O) groups excluding carboxylic acids is 1. The van der Waals surface area contributed by atoms with Crippen molar-refractivity contribution in [3.63, 3.8) is 0 Å². The number of fused-ring (bicyclic) bond motifs is 1. The van der Waals surface area contributed by atoms with E-state index in [-0.39, 0.29) is 5.91 Å². The van der Waals surface area contributed by atoms with E-state index >= 15 is 0 Å². The summed E-state index contributed by atoms with van der Waals surface area (Å²) in [5, 5.41) is 3.28. The Morgan fingerprint density at radius 1 is 1.24 bits per heavy atom. The predicted molar refractivity (Wildman–Crippen MR) is 89.1 cm³/mol. The zero-order chi connectivity index (χ0) is 14.7. The highest BCUT2D eigenvalue weighted by Crippen LogP contribution is 2.33. The maximum atomic E-state index is 12.5. The number of rotatable bonds is 3. The minimum atomic E-state index is 0.175. The molecule has 116 valence electrons. The highest BCUT2D eigenvalue weighted by molar-refractivity contribution is 7.14. The van der Waals surface area contributed by atoms with Crippen LogP contribution in [-0.2, 0) is 12.8 Å². The molecule has 1 amide bonds. The molecule has 0 bridgehead atoms. The van der Waals surface area contributed by atoms with Crippen LogP contribution >= 0.6 is 11.3 Å². The largest absolute Gasteiger partial charge is 0.349 e. The van der Waals surface area contributed by atoms with Crippen LogP contribution in [0.1, 0.15) is 78.4 Å². The van der Waals surface area contributed by atoms with E-state index in [0.717, 1.165) is 23.6 Å².